The summed E-state index contributed by atoms with van der Waals surface area (Å²) in [4.78, 5) is 38.2. The van der Waals surface area contributed by atoms with E-state index in [2.05, 4.69) is 16.0 Å². The highest BCUT2D eigenvalue weighted by atomic mass is 16.5. The van der Waals surface area contributed by atoms with Gasteiger partial charge in [0, 0.05) is 12.5 Å². The van der Waals surface area contributed by atoms with Crippen LogP contribution < -0.4 is 35.6 Å². The van der Waals surface area contributed by atoms with Crippen molar-refractivity contribution < 1.29 is 23.8 Å². The molecule has 2 atom stereocenters. The van der Waals surface area contributed by atoms with Gasteiger partial charge >= 0.3 is 0 Å². The fraction of sp³-hybridized carbons (Fsp3) is 0.323. The Hall–Kier alpha value is -4.53. The molecule has 1 aliphatic carbocycles. The van der Waals surface area contributed by atoms with Crippen LogP contribution in [0.4, 0.5) is 5.69 Å². The Kier molecular flexibility index (Phi) is 8.93. The molecule has 0 fully saturated rings. The number of rotatable bonds is 9. The molecule has 0 heterocycles. The molecule has 210 valence electrons. The minimum Gasteiger partial charge on any atom is -0.493 e. The van der Waals surface area contributed by atoms with E-state index in [0.717, 1.165) is 22.3 Å². The van der Waals surface area contributed by atoms with Crippen LogP contribution in [0.15, 0.2) is 59.4 Å². The van der Waals surface area contributed by atoms with Crippen LogP contribution in [0.5, 0.6) is 17.2 Å². The first-order chi connectivity index (χ1) is 19.3. The molecule has 3 aromatic carbocycles. The summed E-state index contributed by atoms with van der Waals surface area (Å²) in [6.45, 7) is 3.27. The van der Waals surface area contributed by atoms with E-state index < -0.39 is 6.04 Å². The average molecular weight is 546 g/mol. The molecule has 9 nitrogen and oxygen atoms in total. The lowest BCUT2D eigenvalue weighted by atomic mass is 9.95. The predicted molar refractivity (Wildman–Crippen MR) is 154 cm³/mol. The minimum atomic E-state index is -0.412. The zero-order chi connectivity index (χ0) is 28.8. The van der Waals surface area contributed by atoms with E-state index in [1.165, 1.54) is 20.1 Å². The number of ether oxygens (including phenoxy) is 3. The molecule has 0 radical (unpaired) electrons. The number of fused-ring (bicyclic) bond motifs is 3. The van der Waals surface area contributed by atoms with Crippen molar-refractivity contribution in [2.45, 2.75) is 38.8 Å². The molecule has 1 aliphatic rings. The van der Waals surface area contributed by atoms with Crippen LogP contribution in [0.1, 0.15) is 49.0 Å². The van der Waals surface area contributed by atoms with E-state index in [1.54, 1.807) is 20.3 Å². The molecule has 2 amide bonds. The molecule has 4 rings (SSSR count). The van der Waals surface area contributed by atoms with Gasteiger partial charge in [0.15, 0.2) is 11.5 Å². The van der Waals surface area contributed by atoms with Crippen LogP contribution in [0.2, 0.25) is 0 Å². The Balaban J connectivity index is 1.73. The van der Waals surface area contributed by atoms with Crippen LogP contribution in [0.25, 0.3) is 11.1 Å². The highest BCUT2D eigenvalue weighted by Gasteiger charge is 2.29. The maximum atomic E-state index is 13.4. The van der Waals surface area contributed by atoms with Gasteiger partial charge in [-0.3, -0.25) is 14.4 Å². The third-order valence-corrected chi connectivity index (χ3v) is 7.03. The molecule has 9 heteroatoms. The summed E-state index contributed by atoms with van der Waals surface area (Å²) in [5, 5.41) is 8.92. The fourth-order valence-corrected chi connectivity index (χ4v) is 5.15. The molecule has 0 saturated heterocycles. The first kappa shape index (κ1) is 28.5. The molecule has 0 aromatic heterocycles. The maximum absolute atomic E-state index is 13.4. The van der Waals surface area contributed by atoms with Gasteiger partial charge in [0.2, 0.25) is 23.0 Å². The van der Waals surface area contributed by atoms with E-state index in [0.29, 0.717) is 35.7 Å². The van der Waals surface area contributed by atoms with Crippen molar-refractivity contribution in [3.05, 3.63) is 81.5 Å². The van der Waals surface area contributed by atoms with Crippen LogP contribution in [-0.2, 0) is 16.0 Å². The standard InChI is InChI=1S/C31H35N3O6/c1-18(20-9-7-6-8-10-20)33-28(37)17-32-25-14-12-22-23(16-26(25)36)24(34-19(2)35)13-11-21-15-27(38-3)30(39-4)31(40-5)29(21)22/h6-10,12,14-16,18,24H,11,13,17H2,1-5H3,(H,32,36)(H,33,37)(H,34,35)/t18-,24+/m0/s1. The number of methoxy groups -OCH3 is 3. The minimum absolute atomic E-state index is 0.0822. The Bertz CT molecular complexity index is 1460. The number of hydrogen-bond donors (Lipinski definition) is 3. The largest absolute Gasteiger partial charge is 0.493 e. The van der Waals surface area contributed by atoms with E-state index in [9.17, 15) is 14.4 Å². The molecule has 3 aromatic rings. The summed E-state index contributed by atoms with van der Waals surface area (Å²) in [6.07, 6.45) is 1.17. The third-order valence-electron chi connectivity index (χ3n) is 7.03. The zero-order valence-electron chi connectivity index (χ0n) is 23.4. The summed E-state index contributed by atoms with van der Waals surface area (Å²) in [7, 11) is 4.65. The van der Waals surface area contributed by atoms with Crippen LogP contribution >= 0.6 is 0 Å². The van der Waals surface area contributed by atoms with E-state index in [4.69, 9.17) is 14.2 Å². The van der Waals surface area contributed by atoms with Gasteiger partial charge in [-0.25, -0.2) is 0 Å². The number of hydrogen-bond acceptors (Lipinski definition) is 7. The summed E-state index contributed by atoms with van der Waals surface area (Å²) in [5.41, 5.74) is 4.02. The number of aryl methyl sites for hydroxylation is 1. The van der Waals surface area contributed by atoms with Crippen LogP contribution in [-0.4, -0.2) is 39.7 Å². The second kappa shape index (κ2) is 12.5. The first-order valence-corrected chi connectivity index (χ1v) is 13.1. The van der Waals surface area contributed by atoms with Gasteiger partial charge in [0.05, 0.1) is 45.6 Å². The molecule has 0 aliphatic heterocycles. The lowest BCUT2D eigenvalue weighted by Gasteiger charge is -2.19. The summed E-state index contributed by atoms with van der Waals surface area (Å²) >= 11 is 0. The highest BCUT2D eigenvalue weighted by molar-refractivity contribution is 5.84. The maximum Gasteiger partial charge on any atom is 0.239 e. The van der Waals surface area contributed by atoms with Gasteiger partial charge in [0.25, 0.3) is 0 Å². The van der Waals surface area contributed by atoms with Crippen molar-refractivity contribution in [1.82, 2.24) is 10.6 Å². The molecule has 0 spiro atoms. The number of amides is 2. The van der Waals surface area contributed by atoms with Crippen molar-refractivity contribution in [2.24, 2.45) is 0 Å². The second-order valence-electron chi connectivity index (χ2n) is 9.65. The van der Waals surface area contributed by atoms with Crippen molar-refractivity contribution in [3.8, 4) is 28.4 Å². The monoisotopic (exact) mass is 545 g/mol. The van der Waals surface area contributed by atoms with Crippen LogP contribution in [0.3, 0.4) is 0 Å². The van der Waals surface area contributed by atoms with Gasteiger partial charge in [-0.1, -0.05) is 36.4 Å². The Morgan fingerprint density at radius 3 is 2.35 bits per heavy atom. The molecule has 40 heavy (non-hydrogen) atoms. The van der Waals surface area contributed by atoms with Gasteiger partial charge < -0.3 is 30.2 Å². The predicted octanol–water partition coefficient (Wildman–Crippen LogP) is 4.15. The van der Waals surface area contributed by atoms with Gasteiger partial charge in [-0.15, -0.1) is 0 Å². The number of benzene rings is 2. The van der Waals surface area contributed by atoms with Crippen molar-refractivity contribution in [1.29, 1.82) is 0 Å². The lowest BCUT2D eigenvalue weighted by molar-refractivity contribution is -0.120. The average Bonchev–Trinajstić information content (AvgIpc) is 3.19. The lowest BCUT2D eigenvalue weighted by Crippen LogP contribution is -2.32. The van der Waals surface area contributed by atoms with Crippen molar-refractivity contribution in [3.63, 3.8) is 0 Å². The normalized spacial score (nSPS) is 14.5. The Labute approximate surface area is 233 Å². The van der Waals surface area contributed by atoms with Crippen LogP contribution in [0, 0.1) is 0 Å². The van der Waals surface area contributed by atoms with Gasteiger partial charge in [-0.05, 0) is 60.2 Å². The van der Waals surface area contributed by atoms with E-state index >= 15 is 0 Å². The molecule has 0 saturated carbocycles. The molecular formula is C31H35N3O6. The smallest absolute Gasteiger partial charge is 0.239 e. The molecule has 3 N–H and O–H groups in total. The number of anilines is 1. The summed E-state index contributed by atoms with van der Waals surface area (Å²) in [5.74, 6) is 0.989. The molecule has 0 unspecified atom stereocenters. The number of carbonyl (C=O) groups excluding carboxylic acids is 2. The quantitative estimate of drug-likeness (QED) is 0.370. The molecular weight excluding hydrogens is 510 g/mol. The summed E-state index contributed by atoms with van der Waals surface area (Å²) in [6, 6.07) is 16.0. The highest BCUT2D eigenvalue weighted by Crippen LogP contribution is 2.50. The third kappa shape index (κ3) is 6.03. The Morgan fingerprint density at radius 2 is 1.70 bits per heavy atom. The van der Waals surface area contributed by atoms with Gasteiger partial charge in [-0.2, -0.15) is 0 Å². The Morgan fingerprint density at radius 1 is 0.975 bits per heavy atom. The fourth-order valence-electron chi connectivity index (χ4n) is 5.15. The molecule has 0 bridgehead atoms. The first-order valence-electron chi connectivity index (χ1n) is 13.1. The SMILES string of the molecule is COc1cc2c(c(OC)c1OC)-c1ccc(NCC(=O)N[C@@H](C)c3ccccc3)c(=O)cc1[C@H](NC(C)=O)CC2. The van der Waals surface area contributed by atoms with E-state index in [-0.39, 0.29) is 35.5 Å². The van der Waals surface area contributed by atoms with E-state index in [1.807, 2.05) is 49.4 Å². The number of nitrogens with one attached hydrogen (secondary N) is 3. The second-order valence-corrected chi connectivity index (χ2v) is 9.65. The topological polar surface area (TPSA) is 115 Å². The van der Waals surface area contributed by atoms with Gasteiger partial charge in [0.1, 0.15) is 0 Å². The van der Waals surface area contributed by atoms with Crippen molar-refractivity contribution in [2.75, 3.05) is 33.2 Å². The van der Waals surface area contributed by atoms with Crippen molar-refractivity contribution >= 4 is 17.5 Å². The summed E-state index contributed by atoms with van der Waals surface area (Å²) < 4.78 is 17.0. The number of carbonyl (C=O) groups is 2. The zero-order valence-corrected chi connectivity index (χ0v) is 23.4.